The van der Waals surface area contributed by atoms with Crippen molar-refractivity contribution in [3.63, 3.8) is 0 Å². The zero-order valence-electron chi connectivity index (χ0n) is 6.88. The summed E-state index contributed by atoms with van der Waals surface area (Å²) in [4.78, 5) is 0. The topological polar surface area (TPSA) is 0 Å². The maximum atomic E-state index is 3.42. The van der Waals surface area contributed by atoms with Gasteiger partial charge in [-0.2, -0.15) is 0 Å². The van der Waals surface area contributed by atoms with E-state index in [0.717, 1.165) is 6.42 Å². The van der Waals surface area contributed by atoms with Crippen LogP contribution in [-0.2, 0) is 6.42 Å². The van der Waals surface area contributed by atoms with Crippen LogP contribution in [0.25, 0.3) is 0 Å². The molecule has 0 heterocycles. The summed E-state index contributed by atoms with van der Waals surface area (Å²) in [5.74, 6) is 5.83. The highest BCUT2D eigenvalue weighted by atomic mass is 13.9. The molecular formula is C12H10. The van der Waals surface area contributed by atoms with Crippen LogP contribution in [0.15, 0.2) is 48.7 Å². The average Bonchev–Trinajstić information content (AvgIpc) is 2.14. The Bertz CT molecular complexity index is 329. The van der Waals surface area contributed by atoms with Gasteiger partial charge in [-0.15, -0.1) is 5.73 Å². The van der Waals surface area contributed by atoms with Gasteiger partial charge in [-0.05, 0) is 5.56 Å². The highest BCUT2D eigenvalue weighted by Crippen LogP contribution is 1.97. The molecule has 0 heteroatoms. The molecule has 0 atom stereocenters. The molecule has 1 rings (SSSR count). The molecule has 0 spiro atoms. The van der Waals surface area contributed by atoms with Crippen LogP contribution in [0.3, 0.4) is 0 Å². The van der Waals surface area contributed by atoms with Crippen molar-refractivity contribution in [1.29, 1.82) is 0 Å². The number of hydrogen-bond acceptors (Lipinski definition) is 0. The van der Waals surface area contributed by atoms with Crippen molar-refractivity contribution in [2.24, 2.45) is 0 Å². The van der Waals surface area contributed by atoms with E-state index in [1.54, 1.807) is 6.08 Å². The molecule has 0 aliphatic heterocycles. The summed E-state index contributed by atoms with van der Waals surface area (Å²) >= 11 is 0. The molecular weight excluding hydrogens is 144 g/mol. The Labute approximate surface area is 73.2 Å². The highest BCUT2D eigenvalue weighted by molar-refractivity contribution is 5.23. The Morgan fingerprint density at radius 3 is 2.67 bits per heavy atom. The molecule has 12 heavy (non-hydrogen) atoms. The van der Waals surface area contributed by atoms with Gasteiger partial charge in [0.15, 0.2) is 0 Å². The maximum Gasteiger partial charge on any atom is 0.0344 e. The van der Waals surface area contributed by atoms with Crippen molar-refractivity contribution >= 4 is 0 Å². The summed E-state index contributed by atoms with van der Waals surface area (Å²) in [6.07, 6.45) is 2.42. The maximum absolute atomic E-state index is 3.42. The van der Waals surface area contributed by atoms with Gasteiger partial charge in [0.05, 0.1) is 0 Å². The van der Waals surface area contributed by atoms with E-state index in [-0.39, 0.29) is 0 Å². The molecule has 0 N–H and O–H groups in total. The van der Waals surface area contributed by atoms with Crippen LogP contribution in [0, 0.1) is 11.8 Å². The van der Waals surface area contributed by atoms with E-state index in [1.807, 2.05) is 18.2 Å². The lowest BCUT2D eigenvalue weighted by Gasteiger charge is -1.90. The molecule has 0 saturated carbocycles. The lowest BCUT2D eigenvalue weighted by molar-refractivity contribution is 1.32. The molecule has 0 unspecified atom stereocenters. The number of rotatable bonds is 1. The second-order valence-electron chi connectivity index (χ2n) is 2.33. The molecule has 0 amide bonds. The standard InChI is InChI=1S/C12H10/c1-2-3-4-6-9-12-10-7-5-8-11-12/h3,5,7-8,10-11H,1,9H2. The van der Waals surface area contributed by atoms with Gasteiger partial charge in [-0.25, -0.2) is 0 Å². The van der Waals surface area contributed by atoms with Crippen LogP contribution in [0.2, 0.25) is 0 Å². The Morgan fingerprint density at radius 2 is 2.00 bits per heavy atom. The molecule has 0 saturated heterocycles. The van der Waals surface area contributed by atoms with Gasteiger partial charge in [0.2, 0.25) is 0 Å². The van der Waals surface area contributed by atoms with Crippen molar-refractivity contribution in [3.8, 4) is 11.8 Å². The fourth-order valence-corrected chi connectivity index (χ4v) is 0.851. The fraction of sp³-hybridized carbons (Fsp3) is 0.0833. The largest absolute Gasteiger partial charge is 0.120 e. The summed E-state index contributed by atoms with van der Waals surface area (Å²) in [5, 5.41) is 0. The van der Waals surface area contributed by atoms with Crippen LogP contribution in [0.4, 0.5) is 0 Å². The molecule has 0 aliphatic carbocycles. The van der Waals surface area contributed by atoms with Crippen LogP contribution >= 0.6 is 0 Å². The third-order valence-electron chi connectivity index (χ3n) is 1.41. The van der Waals surface area contributed by atoms with Crippen molar-refractivity contribution < 1.29 is 0 Å². The van der Waals surface area contributed by atoms with Gasteiger partial charge < -0.3 is 0 Å². The monoisotopic (exact) mass is 154 g/mol. The number of allylic oxidation sites excluding steroid dienone is 1. The smallest absolute Gasteiger partial charge is 0.0344 e. The first-order valence-corrected chi connectivity index (χ1v) is 3.80. The zero-order chi connectivity index (χ0) is 8.65. The summed E-state index contributed by atoms with van der Waals surface area (Å²) in [6, 6.07) is 10.2. The molecule has 0 aliphatic rings. The van der Waals surface area contributed by atoms with E-state index in [0.29, 0.717) is 0 Å². The van der Waals surface area contributed by atoms with Crippen molar-refractivity contribution in [3.05, 3.63) is 54.3 Å². The van der Waals surface area contributed by atoms with Gasteiger partial charge in [-0.1, -0.05) is 48.8 Å². The van der Waals surface area contributed by atoms with Crippen LogP contribution in [0.5, 0.6) is 0 Å². The fourth-order valence-electron chi connectivity index (χ4n) is 0.851. The molecule has 0 radical (unpaired) electrons. The molecule has 58 valence electrons. The Morgan fingerprint density at radius 1 is 1.25 bits per heavy atom. The third kappa shape index (κ3) is 2.92. The van der Waals surface area contributed by atoms with Crippen LogP contribution < -0.4 is 0 Å². The molecule has 0 aromatic heterocycles. The molecule has 0 bridgehead atoms. The first-order valence-electron chi connectivity index (χ1n) is 3.80. The van der Waals surface area contributed by atoms with Crippen molar-refractivity contribution in [1.82, 2.24) is 0 Å². The Hall–Kier alpha value is -1.70. The van der Waals surface area contributed by atoms with E-state index in [4.69, 9.17) is 0 Å². The lowest BCUT2D eigenvalue weighted by atomic mass is 10.2. The molecule has 0 nitrogen and oxygen atoms in total. The van der Waals surface area contributed by atoms with E-state index in [1.165, 1.54) is 5.56 Å². The second-order valence-corrected chi connectivity index (χ2v) is 2.33. The quantitative estimate of drug-likeness (QED) is 0.431. The van der Waals surface area contributed by atoms with Crippen molar-refractivity contribution in [2.75, 3.05) is 0 Å². The van der Waals surface area contributed by atoms with E-state index in [9.17, 15) is 0 Å². The predicted octanol–water partition coefficient (Wildman–Crippen LogP) is 2.57. The van der Waals surface area contributed by atoms with Crippen molar-refractivity contribution in [2.45, 2.75) is 6.42 Å². The summed E-state index contributed by atoms with van der Waals surface area (Å²) in [6.45, 7) is 3.42. The summed E-state index contributed by atoms with van der Waals surface area (Å²) < 4.78 is 0. The zero-order valence-corrected chi connectivity index (χ0v) is 6.88. The first kappa shape index (κ1) is 8.40. The van der Waals surface area contributed by atoms with E-state index < -0.39 is 0 Å². The van der Waals surface area contributed by atoms with Gasteiger partial charge in [0.1, 0.15) is 0 Å². The Kier molecular flexibility index (Phi) is 3.51. The van der Waals surface area contributed by atoms with Gasteiger partial charge in [-0.3, -0.25) is 0 Å². The summed E-state index contributed by atoms with van der Waals surface area (Å²) in [5.41, 5.74) is 3.84. The molecule has 0 fully saturated rings. The van der Waals surface area contributed by atoms with Gasteiger partial charge in [0, 0.05) is 12.5 Å². The summed E-state index contributed by atoms with van der Waals surface area (Å²) in [7, 11) is 0. The van der Waals surface area contributed by atoms with Gasteiger partial charge >= 0.3 is 0 Å². The first-order chi connectivity index (χ1) is 5.93. The number of benzene rings is 1. The average molecular weight is 154 g/mol. The van der Waals surface area contributed by atoms with Crippen LogP contribution in [-0.4, -0.2) is 0 Å². The minimum absolute atomic E-state index is 0.791. The second kappa shape index (κ2) is 5.02. The third-order valence-corrected chi connectivity index (χ3v) is 1.41. The van der Waals surface area contributed by atoms with E-state index >= 15 is 0 Å². The molecule has 1 aromatic rings. The lowest BCUT2D eigenvalue weighted by Crippen LogP contribution is -1.77. The normalized spacial score (nSPS) is 7.67. The minimum atomic E-state index is 0.791. The van der Waals surface area contributed by atoms with E-state index in [2.05, 4.69) is 36.3 Å². The Balaban J connectivity index is 2.56. The van der Waals surface area contributed by atoms with Gasteiger partial charge in [0.25, 0.3) is 0 Å². The minimum Gasteiger partial charge on any atom is -0.120 e. The predicted molar refractivity (Wildman–Crippen MR) is 51.6 cm³/mol. The van der Waals surface area contributed by atoms with Crippen LogP contribution in [0.1, 0.15) is 5.56 Å². The number of hydrogen-bond donors (Lipinski definition) is 0. The highest BCUT2D eigenvalue weighted by Gasteiger charge is 1.83. The SMILES string of the molecule is C=C=CC#CCc1ccccc1. The molecule has 1 aromatic carbocycles.